The second-order valence-corrected chi connectivity index (χ2v) is 7.46. The molecule has 0 aromatic heterocycles. The minimum Gasteiger partial charge on any atom is -0.355 e. The molecule has 6 heteroatoms. The monoisotopic (exact) mass is 340 g/mol. The first-order chi connectivity index (χ1) is 10.9. The molecule has 1 aromatic carbocycles. The SMILES string of the molecule is CCCCCCNC(=O)C(CC)NS(=O)(=O)c1ccc(C)cc1. The number of amides is 1. The molecule has 1 rings (SSSR count). The van der Waals surface area contributed by atoms with Crippen molar-refractivity contribution in [2.45, 2.75) is 63.8 Å². The van der Waals surface area contributed by atoms with Crippen LogP contribution >= 0.6 is 0 Å². The van der Waals surface area contributed by atoms with Gasteiger partial charge in [0.05, 0.1) is 4.90 Å². The second kappa shape index (κ2) is 9.67. The van der Waals surface area contributed by atoms with Crippen molar-refractivity contribution in [2.75, 3.05) is 6.54 Å². The average molecular weight is 340 g/mol. The van der Waals surface area contributed by atoms with Crippen LogP contribution in [0.1, 0.15) is 51.5 Å². The van der Waals surface area contributed by atoms with Gasteiger partial charge < -0.3 is 5.32 Å². The molecule has 23 heavy (non-hydrogen) atoms. The average Bonchev–Trinajstić information content (AvgIpc) is 2.52. The van der Waals surface area contributed by atoms with E-state index in [1.54, 1.807) is 31.2 Å². The Morgan fingerprint density at radius 2 is 1.74 bits per heavy atom. The van der Waals surface area contributed by atoms with E-state index in [0.29, 0.717) is 13.0 Å². The van der Waals surface area contributed by atoms with E-state index in [1.165, 1.54) is 0 Å². The van der Waals surface area contributed by atoms with Crippen LogP contribution in [0.4, 0.5) is 0 Å². The fourth-order valence-corrected chi connectivity index (χ4v) is 3.46. The van der Waals surface area contributed by atoms with Crippen LogP contribution in [0, 0.1) is 6.92 Å². The van der Waals surface area contributed by atoms with Crippen LogP contribution in [0.2, 0.25) is 0 Å². The zero-order valence-corrected chi connectivity index (χ0v) is 15.1. The highest BCUT2D eigenvalue weighted by Gasteiger charge is 2.23. The molecule has 0 saturated carbocycles. The standard InChI is InChI=1S/C17H28N2O3S/c1-4-6-7-8-13-18-17(20)16(5-2)19-23(21,22)15-11-9-14(3)10-12-15/h9-12,16,19H,4-8,13H2,1-3H3,(H,18,20). The van der Waals surface area contributed by atoms with E-state index < -0.39 is 16.1 Å². The summed E-state index contributed by atoms with van der Waals surface area (Å²) in [4.78, 5) is 12.3. The third-order valence-electron chi connectivity index (χ3n) is 3.68. The predicted octanol–water partition coefficient (Wildman–Crippen LogP) is 2.75. The first-order valence-corrected chi connectivity index (χ1v) is 9.75. The number of hydrogen-bond donors (Lipinski definition) is 2. The lowest BCUT2D eigenvalue weighted by Gasteiger charge is -2.17. The van der Waals surface area contributed by atoms with Crippen molar-refractivity contribution in [3.05, 3.63) is 29.8 Å². The van der Waals surface area contributed by atoms with Crippen molar-refractivity contribution >= 4 is 15.9 Å². The van der Waals surface area contributed by atoms with Gasteiger partial charge in [0.25, 0.3) is 0 Å². The highest BCUT2D eigenvalue weighted by molar-refractivity contribution is 7.89. The van der Waals surface area contributed by atoms with Crippen LogP contribution < -0.4 is 10.0 Å². The van der Waals surface area contributed by atoms with E-state index >= 15 is 0 Å². The highest BCUT2D eigenvalue weighted by Crippen LogP contribution is 2.11. The molecule has 1 atom stereocenters. The van der Waals surface area contributed by atoms with Crippen LogP contribution in [0.3, 0.4) is 0 Å². The number of rotatable bonds is 10. The largest absolute Gasteiger partial charge is 0.355 e. The van der Waals surface area contributed by atoms with Gasteiger partial charge in [-0.2, -0.15) is 4.72 Å². The Kier molecular flexibility index (Phi) is 8.26. The van der Waals surface area contributed by atoms with Crippen molar-refractivity contribution in [3.63, 3.8) is 0 Å². The topological polar surface area (TPSA) is 75.3 Å². The Labute approximate surface area is 139 Å². The van der Waals surface area contributed by atoms with E-state index in [4.69, 9.17) is 0 Å². The van der Waals surface area contributed by atoms with Gasteiger partial charge in [-0.25, -0.2) is 8.42 Å². The van der Waals surface area contributed by atoms with Crippen molar-refractivity contribution in [3.8, 4) is 0 Å². The Morgan fingerprint density at radius 3 is 2.30 bits per heavy atom. The van der Waals surface area contributed by atoms with E-state index in [2.05, 4.69) is 17.0 Å². The molecule has 1 aromatic rings. The maximum absolute atomic E-state index is 12.3. The van der Waals surface area contributed by atoms with Crippen molar-refractivity contribution < 1.29 is 13.2 Å². The quantitative estimate of drug-likeness (QED) is 0.643. The third kappa shape index (κ3) is 6.71. The number of nitrogens with one attached hydrogen (secondary N) is 2. The number of carbonyl (C=O) groups excluding carboxylic acids is 1. The number of unbranched alkanes of at least 4 members (excludes halogenated alkanes) is 3. The molecular weight excluding hydrogens is 312 g/mol. The Morgan fingerprint density at radius 1 is 1.09 bits per heavy atom. The molecule has 0 fully saturated rings. The summed E-state index contributed by atoms with van der Waals surface area (Å²) in [6.07, 6.45) is 4.68. The summed E-state index contributed by atoms with van der Waals surface area (Å²) in [6.45, 7) is 6.40. The lowest BCUT2D eigenvalue weighted by atomic mass is 10.2. The summed E-state index contributed by atoms with van der Waals surface area (Å²) in [6, 6.07) is 5.83. The Bertz CT molecular complexity index is 582. The van der Waals surface area contributed by atoms with Crippen molar-refractivity contribution in [2.24, 2.45) is 0 Å². The molecular formula is C17H28N2O3S. The van der Waals surface area contributed by atoms with Crippen LogP contribution in [-0.2, 0) is 14.8 Å². The van der Waals surface area contributed by atoms with Gasteiger partial charge in [0, 0.05) is 6.54 Å². The summed E-state index contributed by atoms with van der Waals surface area (Å²) < 4.78 is 27.2. The minimum absolute atomic E-state index is 0.178. The fourth-order valence-electron chi connectivity index (χ4n) is 2.18. The smallest absolute Gasteiger partial charge is 0.241 e. The molecule has 130 valence electrons. The van der Waals surface area contributed by atoms with Gasteiger partial charge in [-0.05, 0) is 31.9 Å². The normalized spacial score (nSPS) is 12.8. The lowest BCUT2D eigenvalue weighted by molar-refractivity contribution is -0.122. The summed E-state index contributed by atoms with van der Waals surface area (Å²) >= 11 is 0. The zero-order valence-electron chi connectivity index (χ0n) is 14.3. The molecule has 0 bridgehead atoms. The lowest BCUT2D eigenvalue weighted by Crippen LogP contribution is -2.46. The van der Waals surface area contributed by atoms with Gasteiger partial charge in [-0.15, -0.1) is 0 Å². The number of hydrogen-bond acceptors (Lipinski definition) is 3. The van der Waals surface area contributed by atoms with Crippen LogP contribution in [0.5, 0.6) is 0 Å². The molecule has 0 aliphatic rings. The van der Waals surface area contributed by atoms with Gasteiger partial charge in [0.1, 0.15) is 6.04 Å². The molecule has 1 amide bonds. The molecule has 0 radical (unpaired) electrons. The molecule has 5 nitrogen and oxygen atoms in total. The van der Waals surface area contributed by atoms with E-state index in [9.17, 15) is 13.2 Å². The number of benzene rings is 1. The second-order valence-electron chi connectivity index (χ2n) is 5.75. The molecule has 0 saturated heterocycles. The number of sulfonamides is 1. The first-order valence-electron chi connectivity index (χ1n) is 8.27. The maximum Gasteiger partial charge on any atom is 0.241 e. The van der Waals surface area contributed by atoms with E-state index in [-0.39, 0.29) is 10.8 Å². The van der Waals surface area contributed by atoms with Crippen LogP contribution in [0.25, 0.3) is 0 Å². The zero-order chi connectivity index (χ0) is 17.3. The number of carbonyl (C=O) groups is 1. The minimum atomic E-state index is -3.68. The van der Waals surface area contributed by atoms with E-state index in [1.807, 2.05) is 6.92 Å². The summed E-state index contributed by atoms with van der Waals surface area (Å²) in [7, 11) is -3.68. The first kappa shape index (κ1) is 19.6. The molecule has 0 aliphatic heterocycles. The molecule has 0 spiro atoms. The summed E-state index contributed by atoms with van der Waals surface area (Å²) in [5.41, 5.74) is 0.987. The van der Waals surface area contributed by atoms with Gasteiger partial charge in [-0.1, -0.05) is 50.8 Å². The van der Waals surface area contributed by atoms with Crippen molar-refractivity contribution in [1.82, 2.24) is 10.0 Å². The predicted molar refractivity (Wildman–Crippen MR) is 92.7 cm³/mol. The van der Waals surface area contributed by atoms with Crippen LogP contribution in [-0.4, -0.2) is 26.9 Å². The molecule has 2 N–H and O–H groups in total. The van der Waals surface area contributed by atoms with Gasteiger partial charge >= 0.3 is 0 Å². The van der Waals surface area contributed by atoms with Gasteiger partial charge in [-0.3, -0.25) is 4.79 Å². The molecule has 0 aliphatic carbocycles. The molecule has 1 unspecified atom stereocenters. The molecule has 0 heterocycles. The maximum atomic E-state index is 12.3. The van der Waals surface area contributed by atoms with Gasteiger partial charge in [0.15, 0.2) is 0 Å². The van der Waals surface area contributed by atoms with E-state index in [0.717, 1.165) is 31.2 Å². The Hall–Kier alpha value is -1.40. The Balaban J connectivity index is 2.60. The third-order valence-corrected chi connectivity index (χ3v) is 5.17. The fraction of sp³-hybridized carbons (Fsp3) is 0.588. The summed E-state index contributed by atoms with van der Waals surface area (Å²) in [5, 5.41) is 2.81. The van der Waals surface area contributed by atoms with Crippen molar-refractivity contribution in [1.29, 1.82) is 0 Å². The summed E-state index contributed by atoms with van der Waals surface area (Å²) in [5.74, 6) is -0.264. The highest BCUT2D eigenvalue weighted by atomic mass is 32.2. The van der Waals surface area contributed by atoms with Crippen LogP contribution in [0.15, 0.2) is 29.2 Å². The number of aryl methyl sites for hydroxylation is 1. The van der Waals surface area contributed by atoms with Gasteiger partial charge in [0.2, 0.25) is 15.9 Å².